The first kappa shape index (κ1) is 8.26. The van der Waals surface area contributed by atoms with Crippen molar-refractivity contribution in [2.75, 3.05) is 0 Å². The van der Waals surface area contributed by atoms with Crippen LogP contribution in [0.5, 0.6) is 0 Å². The molecule has 0 saturated carbocycles. The maximum absolute atomic E-state index is 9.25. The molecule has 2 aromatic rings. The van der Waals surface area contributed by atoms with Crippen LogP contribution in [0.15, 0.2) is 30.6 Å². The van der Waals surface area contributed by atoms with Crippen LogP contribution in [0.1, 0.15) is 12.5 Å². The van der Waals surface area contributed by atoms with Crippen molar-refractivity contribution in [3.63, 3.8) is 0 Å². The van der Waals surface area contributed by atoms with Gasteiger partial charge < -0.3 is 5.11 Å². The van der Waals surface area contributed by atoms with Crippen LogP contribution in [-0.4, -0.2) is 20.8 Å². The van der Waals surface area contributed by atoms with E-state index in [1.807, 2.05) is 35.1 Å². The highest BCUT2D eigenvalue weighted by Crippen LogP contribution is 2.11. The second-order valence-corrected chi connectivity index (χ2v) is 3.25. The Balaban J connectivity index is 2.46. The molecular weight excluding hydrogens is 164 g/mol. The summed E-state index contributed by atoms with van der Waals surface area (Å²) in [5.74, 6) is 0. The van der Waals surface area contributed by atoms with Gasteiger partial charge in [0.1, 0.15) is 0 Å². The van der Waals surface area contributed by atoms with Crippen molar-refractivity contribution in [1.29, 1.82) is 0 Å². The molecule has 0 fully saturated rings. The van der Waals surface area contributed by atoms with Crippen LogP contribution in [0.3, 0.4) is 0 Å². The minimum Gasteiger partial charge on any atom is -0.393 e. The molecule has 0 aromatic carbocycles. The van der Waals surface area contributed by atoms with E-state index in [1.54, 1.807) is 6.92 Å². The molecule has 0 bridgehead atoms. The number of nitrogens with zero attached hydrogens (tertiary/aromatic N) is 2. The topological polar surface area (TPSA) is 37.5 Å². The summed E-state index contributed by atoms with van der Waals surface area (Å²) in [7, 11) is 0. The van der Waals surface area contributed by atoms with Crippen LogP contribution < -0.4 is 0 Å². The van der Waals surface area contributed by atoms with Crippen LogP contribution in [0.2, 0.25) is 0 Å². The van der Waals surface area contributed by atoms with Crippen LogP contribution in [0, 0.1) is 0 Å². The number of hydrogen-bond donors (Lipinski definition) is 1. The Kier molecular flexibility index (Phi) is 2.02. The van der Waals surface area contributed by atoms with Crippen molar-refractivity contribution in [2.45, 2.75) is 19.4 Å². The van der Waals surface area contributed by atoms with Crippen molar-refractivity contribution in [3.8, 4) is 0 Å². The minimum atomic E-state index is -0.312. The van der Waals surface area contributed by atoms with Gasteiger partial charge in [0.15, 0.2) is 0 Å². The quantitative estimate of drug-likeness (QED) is 0.748. The number of fused-ring (bicyclic) bond motifs is 1. The second-order valence-electron chi connectivity index (χ2n) is 3.25. The molecule has 13 heavy (non-hydrogen) atoms. The Labute approximate surface area is 76.6 Å². The first-order valence-electron chi connectivity index (χ1n) is 4.36. The van der Waals surface area contributed by atoms with Crippen LogP contribution in [0.4, 0.5) is 0 Å². The van der Waals surface area contributed by atoms with Gasteiger partial charge in [-0.15, -0.1) is 0 Å². The zero-order valence-corrected chi connectivity index (χ0v) is 7.51. The lowest BCUT2D eigenvalue weighted by atomic mass is 10.1. The number of aromatic nitrogens is 2. The molecule has 0 unspecified atom stereocenters. The average Bonchev–Trinajstić information content (AvgIpc) is 2.48. The summed E-state index contributed by atoms with van der Waals surface area (Å²) in [6, 6.07) is 5.92. The summed E-state index contributed by atoms with van der Waals surface area (Å²) in [5.41, 5.74) is 2.17. The third-order valence-corrected chi connectivity index (χ3v) is 2.02. The lowest BCUT2D eigenvalue weighted by Gasteiger charge is -2.01. The fourth-order valence-corrected chi connectivity index (χ4v) is 1.46. The Morgan fingerprint density at radius 1 is 1.54 bits per heavy atom. The van der Waals surface area contributed by atoms with Crippen molar-refractivity contribution in [3.05, 3.63) is 36.2 Å². The highest BCUT2D eigenvalue weighted by atomic mass is 16.3. The fourth-order valence-electron chi connectivity index (χ4n) is 1.46. The molecule has 1 N–H and O–H groups in total. The molecule has 3 nitrogen and oxygen atoms in total. The monoisotopic (exact) mass is 176 g/mol. The summed E-state index contributed by atoms with van der Waals surface area (Å²) in [6.07, 6.45) is 4.06. The largest absolute Gasteiger partial charge is 0.393 e. The molecular formula is C10H12N2O. The van der Waals surface area contributed by atoms with Gasteiger partial charge in [0.25, 0.3) is 0 Å². The number of pyridine rings is 1. The SMILES string of the molecule is C[C@@H](O)Cc1cnn2ccccc12. The van der Waals surface area contributed by atoms with E-state index in [0.717, 1.165) is 11.1 Å². The molecule has 0 amide bonds. The van der Waals surface area contributed by atoms with Crippen molar-refractivity contribution >= 4 is 5.52 Å². The Morgan fingerprint density at radius 2 is 2.38 bits per heavy atom. The third kappa shape index (κ3) is 1.55. The van der Waals surface area contributed by atoms with E-state index in [9.17, 15) is 5.11 Å². The lowest BCUT2D eigenvalue weighted by molar-refractivity contribution is 0.196. The third-order valence-electron chi connectivity index (χ3n) is 2.02. The standard InChI is InChI=1S/C10H12N2O/c1-8(13)6-9-7-11-12-5-3-2-4-10(9)12/h2-5,7-8,13H,6H2,1H3/t8-/m1/s1. The predicted octanol–water partition coefficient (Wildman–Crippen LogP) is 1.26. The van der Waals surface area contributed by atoms with Gasteiger partial charge in [0.2, 0.25) is 0 Å². The lowest BCUT2D eigenvalue weighted by Crippen LogP contribution is -2.03. The van der Waals surface area contributed by atoms with Gasteiger partial charge in [0.05, 0.1) is 17.8 Å². The molecule has 2 aromatic heterocycles. The smallest absolute Gasteiger partial charge is 0.0694 e. The summed E-state index contributed by atoms with van der Waals surface area (Å²) < 4.78 is 1.82. The zero-order chi connectivity index (χ0) is 9.26. The van der Waals surface area contributed by atoms with Crippen molar-refractivity contribution in [1.82, 2.24) is 9.61 Å². The van der Waals surface area contributed by atoms with Gasteiger partial charge in [-0.2, -0.15) is 5.10 Å². The van der Waals surface area contributed by atoms with Gasteiger partial charge in [0, 0.05) is 18.2 Å². The molecule has 0 saturated heterocycles. The number of rotatable bonds is 2. The normalized spacial score (nSPS) is 13.4. The van der Waals surface area contributed by atoms with E-state index in [-0.39, 0.29) is 6.10 Å². The van der Waals surface area contributed by atoms with Crippen LogP contribution in [-0.2, 0) is 6.42 Å². The first-order valence-corrected chi connectivity index (χ1v) is 4.36. The summed E-state index contributed by atoms with van der Waals surface area (Å²) in [6.45, 7) is 1.78. The van der Waals surface area contributed by atoms with Gasteiger partial charge >= 0.3 is 0 Å². The van der Waals surface area contributed by atoms with E-state index in [4.69, 9.17) is 0 Å². The van der Waals surface area contributed by atoms with Crippen molar-refractivity contribution < 1.29 is 5.11 Å². The Bertz CT molecular complexity index is 406. The maximum Gasteiger partial charge on any atom is 0.0694 e. The predicted molar refractivity (Wildman–Crippen MR) is 50.6 cm³/mol. The molecule has 2 rings (SSSR count). The summed E-state index contributed by atoms with van der Waals surface area (Å²) in [4.78, 5) is 0. The van der Waals surface area contributed by atoms with E-state index >= 15 is 0 Å². The van der Waals surface area contributed by atoms with Gasteiger partial charge in [-0.1, -0.05) is 6.07 Å². The van der Waals surface area contributed by atoms with Gasteiger partial charge in [-0.3, -0.25) is 0 Å². The first-order chi connectivity index (χ1) is 6.27. The van der Waals surface area contributed by atoms with E-state index in [0.29, 0.717) is 6.42 Å². The Hall–Kier alpha value is -1.35. The van der Waals surface area contributed by atoms with Crippen LogP contribution >= 0.6 is 0 Å². The van der Waals surface area contributed by atoms with E-state index in [2.05, 4.69) is 5.10 Å². The zero-order valence-electron chi connectivity index (χ0n) is 7.51. The highest BCUT2D eigenvalue weighted by Gasteiger charge is 2.05. The molecule has 0 spiro atoms. The molecule has 3 heteroatoms. The van der Waals surface area contributed by atoms with E-state index in [1.165, 1.54) is 0 Å². The minimum absolute atomic E-state index is 0.312. The van der Waals surface area contributed by atoms with Crippen LogP contribution in [0.25, 0.3) is 5.52 Å². The molecule has 0 aliphatic heterocycles. The number of aliphatic hydroxyl groups excluding tert-OH is 1. The highest BCUT2D eigenvalue weighted by molar-refractivity contribution is 5.53. The van der Waals surface area contributed by atoms with Crippen molar-refractivity contribution in [2.24, 2.45) is 0 Å². The second kappa shape index (κ2) is 3.18. The summed E-state index contributed by atoms with van der Waals surface area (Å²) in [5, 5.41) is 13.4. The fraction of sp³-hybridized carbons (Fsp3) is 0.300. The Morgan fingerprint density at radius 3 is 3.15 bits per heavy atom. The summed E-state index contributed by atoms with van der Waals surface area (Å²) >= 11 is 0. The molecule has 2 heterocycles. The van der Waals surface area contributed by atoms with Gasteiger partial charge in [-0.25, -0.2) is 4.52 Å². The molecule has 0 aliphatic carbocycles. The van der Waals surface area contributed by atoms with Gasteiger partial charge in [-0.05, 0) is 19.1 Å². The average molecular weight is 176 g/mol. The molecule has 0 radical (unpaired) electrons. The number of aliphatic hydroxyl groups is 1. The number of hydrogen-bond acceptors (Lipinski definition) is 2. The molecule has 68 valence electrons. The maximum atomic E-state index is 9.25. The van der Waals surface area contributed by atoms with E-state index < -0.39 is 0 Å². The molecule has 0 aliphatic rings. The molecule has 1 atom stereocenters.